The Balaban J connectivity index is 1.58. The van der Waals surface area contributed by atoms with Gasteiger partial charge in [-0.25, -0.2) is 9.59 Å². The summed E-state index contributed by atoms with van der Waals surface area (Å²) in [5.41, 5.74) is 3.99. The summed E-state index contributed by atoms with van der Waals surface area (Å²) in [6.45, 7) is 3.85. The molecule has 0 spiro atoms. The fourth-order valence-corrected chi connectivity index (χ4v) is 3.61. The highest BCUT2D eigenvalue weighted by Gasteiger charge is 2.34. The molecule has 1 aliphatic heterocycles. The van der Waals surface area contributed by atoms with Crippen molar-refractivity contribution in [1.82, 2.24) is 14.8 Å². The molecule has 1 fully saturated rings. The van der Waals surface area contributed by atoms with E-state index in [2.05, 4.69) is 14.6 Å². The van der Waals surface area contributed by atoms with Crippen LogP contribution in [0.3, 0.4) is 0 Å². The number of para-hydroxylation sites is 1. The van der Waals surface area contributed by atoms with E-state index in [0.29, 0.717) is 5.76 Å². The average Bonchev–Trinajstić information content (AvgIpc) is 3.42. The number of benzene rings is 1. The van der Waals surface area contributed by atoms with Gasteiger partial charge in [0.1, 0.15) is 11.5 Å². The zero-order valence-electron chi connectivity index (χ0n) is 17.3. The molecule has 31 heavy (non-hydrogen) atoms. The second kappa shape index (κ2) is 7.98. The number of aryl methyl sites for hydroxylation is 1. The molecule has 3 aromatic rings. The van der Waals surface area contributed by atoms with Crippen molar-refractivity contribution in [2.45, 2.75) is 20.4 Å². The van der Waals surface area contributed by atoms with E-state index in [4.69, 9.17) is 4.42 Å². The van der Waals surface area contributed by atoms with Crippen molar-refractivity contribution in [2.75, 3.05) is 7.11 Å². The summed E-state index contributed by atoms with van der Waals surface area (Å²) in [6.07, 6.45) is 1.67. The number of carbonyl (C=O) groups is 3. The summed E-state index contributed by atoms with van der Waals surface area (Å²) in [7, 11) is 1.24. The minimum absolute atomic E-state index is 0.00803. The third-order valence-corrected chi connectivity index (χ3v) is 5.11. The second-order valence-corrected chi connectivity index (χ2v) is 7.13. The summed E-state index contributed by atoms with van der Waals surface area (Å²) in [6, 6.07) is 14.3. The minimum Gasteiger partial charge on any atom is -0.463 e. The number of hydrogen-bond acceptors (Lipinski definition) is 5. The maximum absolute atomic E-state index is 12.8. The molecule has 0 unspecified atom stereocenters. The lowest BCUT2D eigenvalue weighted by Gasteiger charge is -2.09. The monoisotopic (exact) mass is 419 g/mol. The van der Waals surface area contributed by atoms with Gasteiger partial charge in [0.05, 0.1) is 13.7 Å². The largest absolute Gasteiger partial charge is 0.463 e. The van der Waals surface area contributed by atoms with Gasteiger partial charge < -0.3 is 19.0 Å². The molecule has 0 saturated carbocycles. The Hall–Kier alpha value is -4.07. The molecule has 4 rings (SSSR count). The number of aromatic nitrogens is 1. The van der Waals surface area contributed by atoms with Gasteiger partial charge in [0, 0.05) is 17.1 Å². The van der Waals surface area contributed by atoms with Crippen molar-refractivity contribution in [3.8, 4) is 5.69 Å². The van der Waals surface area contributed by atoms with E-state index in [1.54, 1.807) is 6.08 Å². The van der Waals surface area contributed by atoms with E-state index >= 15 is 0 Å². The van der Waals surface area contributed by atoms with Gasteiger partial charge in [0.15, 0.2) is 0 Å². The molecule has 1 aromatic carbocycles. The van der Waals surface area contributed by atoms with Crippen LogP contribution in [0.2, 0.25) is 0 Å². The number of esters is 1. The molecule has 1 N–H and O–H groups in total. The Morgan fingerprint density at radius 1 is 1.13 bits per heavy atom. The first-order valence-corrected chi connectivity index (χ1v) is 9.65. The van der Waals surface area contributed by atoms with Crippen LogP contribution in [0, 0.1) is 13.8 Å². The van der Waals surface area contributed by atoms with Crippen LogP contribution in [-0.2, 0) is 16.1 Å². The van der Waals surface area contributed by atoms with Gasteiger partial charge >= 0.3 is 12.0 Å². The molecule has 2 aromatic heterocycles. The van der Waals surface area contributed by atoms with Crippen LogP contribution in [0.5, 0.6) is 0 Å². The van der Waals surface area contributed by atoms with E-state index in [1.165, 1.54) is 19.2 Å². The van der Waals surface area contributed by atoms with Crippen molar-refractivity contribution >= 4 is 24.0 Å². The Morgan fingerprint density at radius 2 is 1.87 bits per heavy atom. The van der Waals surface area contributed by atoms with E-state index < -0.39 is 17.9 Å². The van der Waals surface area contributed by atoms with E-state index in [-0.39, 0.29) is 18.0 Å². The van der Waals surface area contributed by atoms with E-state index in [1.807, 2.05) is 50.2 Å². The van der Waals surface area contributed by atoms with Crippen molar-refractivity contribution in [2.24, 2.45) is 0 Å². The number of nitrogens with zero attached hydrogens (tertiary/aromatic N) is 2. The molecule has 3 heterocycles. The number of carbonyl (C=O) groups excluding carboxylic acids is 3. The van der Waals surface area contributed by atoms with Gasteiger partial charge in [-0.05, 0) is 55.8 Å². The third kappa shape index (κ3) is 3.75. The lowest BCUT2D eigenvalue weighted by Crippen LogP contribution is -2.30. The molecular formula is C23H21N3O5. The Kier molecular flexibility index (Phi) is 5.21. The molecule has 1 aliphatic rings. The smallest absolute Gasteiger partial charge is 0.373 e. The Morgan fingerprint density at radius 3 is 2.58 bits per heavy atom. The summed E-state index contributed by atoms with van der Waals surface area (Å²) in [5, 5.41) is 2.61. The van der Waals surface area contributed by atoms with Crippen LogP contribution in [0.4, 0.5) is 4.79 Å². The number of nitrogens with one attached hydrogen (secondary N) is 1. The minimum atomic E-state index is -0.627. The first-order chi connectivity index (χ1) is 14.9. The van der Waals surface area contributed by atoms with Crippen LogP contribution in [0.25, 0.3) is 11.8 Å². The highest BCUT2D eigenvalue weighted by Crippen LogP contribution is 2.24. The van der Waals surface area contributed by atoms with Crippen molar-refractivity contribution < 1.29 is 23.5 Å². The Labute approximate surface area is 178 Å². The van der Waals surface area contributed by atoms with Crippen LogP contribution in [0.15, 0.2) is 58.6 Å². The van der Waals surface area contributed by atoms with Gasteiger partial charge in [-0.1, -0.05) is 18.2 Å². The maximum atomic E-state index is 12.8. The van der Waals surface area contributed by atoms with Crippen molar-refractivity contribution in [1.29, 1.82) is 0 Å². The van der Waals surface area contributed by atoms with Crippen molar-refractivity contribution in [3.05, 3.63) is 82.7 Å². The number of rotatable bonds is 5. The van der Waals surface area contributed by atoms with Gasteiger partial charge in [-0.3, -0.25) is 9.69 Å². The summed E-state index contributed by atoms with van der Waals surface area (Å²) >= 11 is 0. The number of imide groups is 1. The number of hydrogen-bond donors (Lipinski definition) is 1. The lowest BCUT2D eigenvalue weighted by atomic mass is 10.2. The highest BCUT2D eigenvalue weighted by molar-refractivity contribution is 6.13. The topological polar surface area (TPSA) is 93.8 Å². The van der Waals surface area contributed by atoms with Crippen LogP contribution in [0.1, 0.15) is 33.3 Å². The number of ether oxygens (including phenoxy) is 1. The zero-order chi connectivity index (χ0) is 22.1. The number of urea groups is 1. The number of furan rings is 1. The molecule has 1 saturated heterocycles. The fourth-order valence-electron chi connectivity index (χ4n) is 3.61. The molecular weight excluding hydrogens is 398 g/mol. The van der Waals surface area contributed by atoms with Gasteiger partial charge in [0.2, 0.25) is 5.76 Å². The molecule has 8 nitrogen and oxygen atoms in total. The van der Waals surface area contributed by atoms with Crippen molar-refractivity contribution in [3.63, 3.8) is 0 Å². The normalized spacial score (nSPS) is 14.9. The molecule has 0 bridgehead atoms. The van der Waals surface area contributed by atoms with E-state index in [0.717, 1.165) is 27.5 Å². The first-order valence-electron chi connectivity index (χ1n) is 9.65. The lowest BCUT2D eigenvalue weighted by molar-refractivity contribution is -0.123. The van der Waals surface area contributed by atoms with Gasteiger partial charge in [0.25, 0.3) is 5.91 Å². The molecule has 0 aliphatic carbocycles. The molecule has 0 radical (unpaired) electrons. The molecule has 3 amide bonds. The van der Waals surface area contributed by atoms with Crippen LogP contribution in [-0.4, -0.2) is 34.5 Å². The highest BCUT2D eigenvalue weighted by atomic mass is 16.5. The maximum Gasteiger partial charge on any atom is 0.373 e. The SMILES string of the molecule is COC(=O)c1ccc(CN2C(=O)NC(=Cc3cc(C)n(-c4ccccc4)c3C)C2=O)o1. The summed E-state index contributed by atoms with van der Waals surface area (Å²) in [4.78, 5) is 37.8. The zero-order valence-corrected chi connectivity index (χ0v) is 17.3. The van der Waals surface area contributed by atoms with Gasteiger partial charge in [-0.15, -0.1) is 0 Å². The summed E-state index contributed by atoms with van der Waals surface area (Å²) < 4.78 is 12.0. The van der Waals surface area contributed by atoms with E-state index in [9.17, 15) is 14.4 Å². The molecule has 8 heteroatoms. The van der Waals surface area contributed by atoms with Gasteiger partial charge in [-0.2, -0.15) is 0 Å². The summed E-state index contributed by atoms with van der Waals surface area (Å²) in [5.74, 6) is -0.788. The molecule has 0 atom stereocenters. The Bertz CT molecular complexity index is 1200. The fraction of sp³-hybridized carbons (Fsp3) is 0.174. The number of amides is 3. The average molecular weight is 419 g/mol. The quantitative estimate of drug-likeness (QED) is 0.388. The second-order valence-electron chi connectivity index (χ2n) is 7.13. The van der Waals surface area contributed by atoms with Crippen LogP contribution < -0.4 is 5.32 Å². The molecule has 158 valence electrons. The van der Waals surface area contributed by atoms with Crippen LogP contribution >= 0.6 is 0 Å². The predicted molar refractivity (Wildman–Crippen MR) is 112 cm³/mol. The standard InChI is InChI=1S/C23H21N3O5/c1-14-11-16(15(2)26(14)17-7-5-4-6-8-17)12-19-21(27)25(23(29)24-19)13-18-9-10-20(31-18)22(28)30-3/h4-12H,13H2,1-3H3,(H,24,29). The predicted octanol–water partition coefficient (Wildman–Crippen LogP) is 3.57. The number of methoxy groups -OCH3 is 1. The third-order valence-electron chi connectivity index (χ3n) is 5.11. The first kappa shape index (κ1) is 20.2.